The van der Waals surface area contributed by atoms with Crippen LogP contribution in [0.2, 0.25) is 0 Å². The molecule has 0 aromatic rings. The van der Waals surface area contributed by atoms with Gasteiger partial charge in [-0.15, -0.1) is 0 Å². The maximum atomic E-state index is 9.52. The molecule has 0 aromatic carbocycles. The molecule has 0 radical (unpaired) electrons. The molecule has 0 saturated carbocycles. The summed E-state index contributed by atoms with van der Waals surface area (Å²) in [6, 6.07) is 0. The molecule has 1 heterocycles. The van der Waals surface area contributed by atoms with Gasteiger partial charge in [0, 0.05) is 6.61 Å². The van der Waals surface area contributed by atoms with Crippen molar-refractivity contribution in [3.63, 3.8) is 0 Å². The Labute approximate surface area is 55.8 Å². The summed E-state index contributed by atoms with van der Waals surface area (Å²) in [5.41, 5.74) is -0.585. The molecule has 2 atom stereocenters. The minimum absolute atomic E-state index is 0.381. The van der Waals surface area contributed by atoms with Crippen molar-refractivity contribution in [2.24, 2.45) is 5.92 Å². The molecule has 1 aliphatic heterocycles. The lowest BCUT2D eigenvalue weighted by molar-refractivity contribution is -0.108. The smallest absolute Gasteiger partial charge is 0.0878 e. The van der Waals surface area contributed by atoms with Crippen molar-refractivity contribution in [3.05, 3.63) is 0 Å². The minimum atomic E-state index is -0.585. The quantitative estimate of drug-likeness (QED) is 0.525. The van der Waals surface area contributed by atoms with E-state index in [-0.39, 0.29) is 0 Å². The van der Waals surface area contributed by atoms with Gasteiger partial charge in [0.2, 0.25) is 0 Å². The van der Waals surface area contributed by atoms with Crippen LogP contribution in [0.4, 0.5) is 0 Å². The van der Waals surface area contributed by atoms with Crippen LogP contribution in [0.5, 0.6) is 0 Å². The van der Waals surface area contributed by atoms with Crippen molar-refractivity contribution in [2.75, 3.05) is 13.2 Å². The third-order valence-corrected chi connectivity index (χ3v) is 2.15. The van der Waals surface area contributed by atoms with Crippen molar-refractivity contribution >= 4 is 0 Å². The number of hydrogen-bond donors (Lipinski definition) is 1. The molecule has 1 fully saturated rings. The molecule has 1 N–H and O–H groups in total. The first-order chi connectivity index (χ1) is 4.13. The zero-order valence-electron chi connectivity index (χ0n) is 6.05. The fraction of sp³-hybridized carbons (Fsp3) is 1.00. The zero-order chi connectivity index (χ0) is 6.91. The molecule has 1 unspecified atom stereocenters. The first kappa shape index (κ1) is 7.03. The fourth-order valence-electron chi connectivity index (χ4n) is 0.992. The lowest BCUT2D eigenvalue weighted by Gasteiger charge is -2.34. The molecule has 1 aliphatic rings. The summed E-state index contributed by atoms with van der Waals surface area (Å²) in [4.78, 5) is 0. The highest BCUT2D eigenvalue weighted by Gasteiger charge is 2.31. The van der Waals surface area contributed by atoms with Gasteiger partial charge >= 0.3 is 0 Å². The largest absolute Gasteiger partial charge is 0.387 e. The first-order valence-electron chi connectivity index (χ1n) is 3.43. The highest BCUT2D eigenvalue weighted by molar-refractivity contribution is 4.81. The normalized spacial score (nSPS) is 45.0. The SMILES string of the molecule is C[C@@H]1CCOCC1(C)O. The van der Waals surface area contributed by atoms with Crippen LogP contribution >= 0.6 is 0 Å². The standard InChI is InChI=1S/C7H14O2/c1-6-3-4-9-5-7(6,2)8/h6,8H,3-5H2,1-2H3/t6-,7?/m1/s1. The molecule has 0 aliphatic carbocycles. The molecule has 0 amide bonds. The average Bonchev–Trinajstić information content (AvgIpc) is 1.77. The van der Waals surface area contributed by atoms with E-state index < -0.39 is 5.60 Å². The number of hydrogen-bond acceptors (Lipinski definition) is 2. The molecule has 0 bridgehead atoms. The molecule has 2 nitrogen and oxygen atoms in total. The summed E-state index contributed by atoms with van der Waals surface area (Å²) in [5.74, 6) is 0.381. The second-order valence-corrected chi connectivity index (χ2v) is 3.10. The van der Waals surface area contributed by atoms with E-state index in [1.807, 2.05) is 6.92 Å². The van der Waals surface area contributed by atoms with Gasteiger partial charge in [-0.05, 0) is 19.3 Å². The van der Waals surface area contributed by atoms with E-state index in [4.69, 9.17) is 4.74 Å². The van der Waals surface area contributed by atoms with Crippen molar-refractivity contribution in [1.29, 1.82) is 0 Å². The van der Waals surface area contributed by atoms with Gasteiger partial charge in [0.25, 0.3) is 0 Å². The molecular formula is C7H14O2. The van der Waals surface area contributed by atoms with Crippen molar-refractivity contribution in [2.45, 2.75) is 25.9 Å². The number of rotatable bonds is 0. The highest BCUT2D eigenvalue weighted by atomic mass is 16.5. The van der Waals surface area contributed by atoms with Gasteiger partial charge in [-0.1, -0.05) is 6.92 Å². The van der Waals surface area contributed by atoms with Crippen LogP contribution in [0.3, 0.4) is 0 Å². The van der Waals surface area contributed by atoms with Gasteiger partial charge in [-0.3, -0.25) is 0 Å². The third kappa shape index (κ3) is 1.43. The highest BCUT2D eigenvalue weighted by Crippen LogP contribution is 2.24. The van der Waals surface area contributed by atoms with E-state index >= 15 is 0 Å². The topological polar surface area (TPSA) is 29.5 Å². The van der Waals surface area contributed by atoms with Crippen LogP contribution < -0.4 is 0 Å². The van der Waals surface area contributed by atoms with Crippen molar-refractivity contribution < 1.29 is 9.84 Å². The van der Waals surface area contributed by atoms with E-state index in [0.29, 0.717) is 12.5 Å². The Morgan fingerprint density at radius 3 is 2.67 bits per heavy atom. The van der Waals surface area contributed by atoms with Gasteiger partial charge in [0.15, 0.2) is 0 Å². The van der Waals surface area contributed by atoms with Gasteiger partial charge < -0.3 is 9.84 Å². The van der Waals surface area contributed by atoms with Crippen LogP contribution in [-0.4, -0.2) is 23.9 Å². The summed E-state index contributed by atoms with van der Waals surface area (Å²) < 4.78 is 5.11. The minimum Gasteiger partial charge on any atom is -0.387 e. The Kier molecular flexibility index (Phi) is 1.78. The Morgan fingerprint density at radius 2 is 2.33 bits per heavy atom. The second-order valence-electron chi connectivity index (χ2n) is 3.10. The van der Waals surface area contributed by atoms with E-state index in [0.717, 1.165) is 13.0 Å². The van der Waals surface area contributed by atoms with Crippen LogP contribution in [0.1, 0.15) is 20.3 Å². The van der Waals surface area contributed by atoms with Crippen LogP contribution in [0.25, 0.3) is 0 Å². The maximum Gasteiger partial charge on any atom is 0.0878 e. The molecule has 0 aromatic heterocycles. The number of aliphatic hydroxyl groups is 1. The van der Waals surface area contributed by atoms with E-state index in [9.17, 15) is 5.11 Å². The van der Waals surface area contributed by atoms with Crippen molar-refractivity contribution in [3.8, 4) is 0 Å². The second kappa shape index (κ2) is 2.27. The Hall–Kier alpha value is -0.0800. The molecule has 2 heteroatoms. The predicted molar refractivity (Wildman–Crippen MR) is 35.2 cm³/mol. The monoisotopic (exact) mass is 130 g/mol. The van der Waals surface area contributed by atoms with Gasteiger partial charge in [-0.25, -0.2) is 0 Å². The van der Waals surface area contributed by atoms with Crippen molar-refractivity contribution in [1.82, 2.24) is 0 Å². The predicted octanol–water partition coefficient (Wildman–Crippen LogP) is 0.794. The molecule has 1 rings (SSSR count). The average molecular weight is 130 g/mol. The first-order valence-corrected chi connectivity index (χ1v) is 3.43. The van der Waals surface area contributed by atoms with Crippen LogP contribution in [-0.2, 0) is 4.74 Å². The molecule has 54 valence electrons. The Bertz CT molecular complexity index is 99.1. The summed E-state index contributed by atoms with van der Waals surface area (Å²) >= 11 is 0. The lowest BCUT2D eigenvalue weighted by atomic mass is 9.87. The summed E-state index contributed by atoms with van der Waals surface area (Å²) in [6.45, 7) is 5.19. The molecular weight excluding hydrogens is 116 g/mol. The van der Waals surface area contributed by atoms with Crippen LogP contribution in [0.15, 0.2) is 0 Å². The molecule has 9 heavy (non-hydrogen) atoms. The fourth-order valence-corrected chi connectivity index (χ4v) is 0.992. The zero-order valence-corrected chi connectivity index (χ0v) is 6.05. The van der Waals surface area contributed by atoms with Crippen LogP contribution in [0, 0.1) is 5.92 Å². The van der Waals surface area contributed by atoms with Gasteiger partial charge in [-0.2, -0.15) is 0 Å². The Balaban J connectivity index is 2.49. The van der Waals surface area contributed by atoms with Gasteiger partial charge in [0.05, 0.1) is 12.2 Å². The Morgan fingerprint density at radius 1 is 1.67 bits per heavy atom. The van der Waals surface area contributed by atoms with E-state index in [2.05, 4.69) is 6.92 Å². The van der Waals surface area contributed by atoms with E-state index in [1.165, 1.54) is 0 Å². The lowest BCUT2D eigenvalue weighted by Crippen LogP contribution is -2.42. The third-order valence-electron chi connectivity index (χ3n) is 2.15. The summed E-state index contributed by atoms with van der Waals surface area (Å²) in [6.07, 6.45) is 0.979. The van der Waals surface area contributed by atoms with Gasteiger partial charge in [0.1, 0.15) is 0 Å². The van der Waals surface area contributed by atoms with E-state index in [1.54, 1.807) is 0 Å². The number of ether oxygens (including phenoxy) is 1. The molecule has 0 spiro atoms. The molecule has 1 saturated heterocycles. The summed E-state index contributed by atoms with van der Waals surface area (Å²) in [7, 11) is 0. The summed E-state index contributed by atoms with van der Waals surface area (Å²) in [5, 5.41) is 9.52. The maximum absolute atomic E-state index is 9.52.